The monoisotopic (exact) mass is 342 g/mol. The molecule has 2 atom stereocenters. The molecule has 1 fully saturated rings. The zero-order valence-electron chi connectivity index (χ0n) is 11.4. The summed E-state index contributed by atoms with van der Waals surface area (Å²) in [4.78, 5) is 2.39. The lowest BCUT2D eigenvalue weighted by atomic mass is 10.1. The summed E-state index contributed by atoms with van der Waals surface area (Å²) in [5.74, 6) is 0. The van der Waals surface area contributed by atoms with E-state index in [0.29, 0.717) is 6.04 Å². The van der Waals surface area contributed by atoms with Crippen LogP contribution in [-0.4, -0.2) is 25.2 Å². The molecule has 5 heteroatoms. The summed E-state index contributed by atoms with van der Waals surface area (Å²) in [6.45, 7) is 1.89. The van der Waals surface area contributed by atoms with E-state index in [4.69, 9.17) is 0 Å². The van der Waals surface area contributed by atoms with Crippen LogP contribution in [0.15, 0.2) is 69.4 Å². The molecule has 0 bridgehead atoms. The first-order chi connectivity index (χ1) is 10.3. The third kappa shape index (κ3) is 2.31. The lowest BCUT2D eigenvalue weighted by Gasteiger charge is -2.23. The van der Waals surface area contributed by atoms with Gasteiger partial charge in [-0.25, -0.2) is 5.01 Å². The van der Waals surface area contributed by atoms with Crippen LogP contribution >= 0.6 is 15.9 Å². The molecule has 0 N–H and O–H groups in total. The average Bonchev–Trinajstić information content (AvgIpc) is 3.09. The summed E-state index contributed by atoms with van der Waals surface area (Å²) in [6.07, 6.45) is 0. The Morgan fingerprint density at radius 3 is 2.43 bits per heavy atom. The smallest absolute Gasteiger partial charge is 0.115 e. The highest BCUT2D eigenvalue weighted by atomic mass is 79.9. The van der Waals surface area contributed by atoms with Crippen LogP contribution < -0.4 is 9.91 Å². The second-order valence-corrected chi connectivity index (χ2v) is 6.32. The van der Waals surface area contributed by atoms with Crippen LogP contribution in [0.1, 0.15) is 0 Å². The van der Waals surface area contributed by atoms with Gasteiger partial charge in [-0.1, -0.05) is 39.4 Å². The second kappa shape index (κ2) is 5.15. The zero-order valence-corrected chi connectivity index (χ0v) is 13.0. The van der Waals surface area contributed by atoms with Crippen molar-refractivity contribution in [3.05, 3.63) is 59.1 Å². The first-order valence-electron chi connectivity index (χ1n) is 7.07. The Morgan fingerprint density at radius 1 is 0.905 bits per heavy atom. The van der Waals surface area contributed by atoms with Crippen molar-refractivity contribution in [2.45, 2.75) is 12.1 Å². The standard InChI is InChI=1S/C16H15BrN4/c17-12-6-8-14(9-7-12)21-16-11-20(10-15(16)18-19-21)13-4-2-1-3-5-13/h1-9,15-16H,10-11H2/t15-,16-/m1/s1. The first kappa shape index (κ1) is 12.8. The predicted octanol–water partition coefficient (Wildman–Crippen LogP) is 3.89. The summed E-state index contributed by atoms with van der Waals surface area (Å²) in [5.41, 5.74) is 2.36. The molecular formula is C16H15BrN4. The van der Waals surface area contributed by atoms with E-state index in [2.05, 4.69) is 72.6 Å². The molecule has 0 aliphatic carbocycles. The Labute approximate surface area is 132 Å². The van der Waals surface area contributed by atoms with Crippen molar-refractivity contribution in [1.82, 2.24) is 0 Å². The third-order valence-electron chi connectivity index (χ3n) is 4.08. The Kier molecular flexibility index (Phi) is 3.15. The van der Waals surface area contributed by atoms with Crippen molar-refractivity contribution >= 4 is 27.3 Å². The topological polar surface area (TPSA) is 31.2 Å². The third-order valence-corrected chi connectivity index (χ3v) is 4.61. The Hall–Kier alpha value is -1.88. The number of anilines is 2. The molecule has 2 aliphatic heterocycles. The Morgan fingerprint density at radius 2 is 1.67 bits per heavy atom. The molecule has 1 saturated heterocycles. The highest BCUT2D eigenvalue weighted by molar-refractivity contribution is 9.10. The highest BCUT2D eigenvalue weighted by Crippen LogP contribution is 2.33. The van der Waals surface area contributed by atoms with Crippen LogP contribution in [0.3, 0.4) is 0 Å². The van der Waals surface area contributed by atoms with Crippen LogP contribution in [0.2, 0.25) is 0 Å². The molecule has 21 heavy (non-hydrogen) atoms. The molecule has 2 heterocycles. The van der Waals surface area contributed by atoms with Gasteiger partial charge in [-0.05, 0) is 36.4 Å². The zero-order chi connectivity index (χ0) is 14.2. The minimum Gasteiger partial charge on any atom is -0.367 e. The van der Waals surface area contributed by atoms with Crippen molar-refractivity contribution in [2.75, 3.05) is 23.0 Å². The van der Waals surface area contributed by atoms with Gasteiger partial charge in [0.2, 0.25) is 0 Å². The van der Waals surface area contributed by atoms with E-state index in [1.54, 1.807) is 0 Å². The second-order valence-electron chi connectivity index (χ2n) is 5.40. The van der Waals surface area contributed by atoms with Gasteiger partial charge in [-0.2, -0.15) is 5.11 Å². The van der Waals surface area contributed by atoms with Gasteiger partial charge in [0.15, 0.2) is 0 Å². The summed E-state index contributed by atoms with van der Waals surface area (Å²) in [5, 5.41) is 10.9. The Bertz CT molecular complexity index is 656. The number of halogens is 1. The van der Waals surface area contributed by atoms with Crippen molar-refractivity contribution in [1.29, 1.82) is 0 Å². The fourth-order valence-electron chi connectivity index (χ4n) is 3.00. The summed E-state index contributed by atoms with van der Waals surface area (Å²) >= 11 is 3.47. The molecule has 2 aromatic carbocycles. The van der Waals surface area contributed by atoms with E-state index in [-0.39, 0.29) is 6.04 Å². The van der Waals surface area contributed by atoms with E-state index in [0.717, 1.165) is 23.2 Å². The molecule has 106 valence electrons. The fraction of sp³-hybridized carbons (Fsp3) is 0.250. The lowest BCUT2D eigenvalue weighted by molar-refractivity contribution is 0.671. The molecule has 0 unspecified atom stereocenters. The molecule has 0 saturated carbocycles. The van der Waals surface area contributed by atoms with Gasteiger partial charge < -0.3 is 4.90 Å². The number of benzene rings is 2. The molecule has 0 amide bonds. The van der Waals surface area contributed by atoms with Crippen LogP contribution in [0.5, 0.6) is 0 Å². The Balaban J connectivity index is 1.56. The lowest BCUT2D eigenvalue weighted by Crippen LogP contribution is -2.34. The van der Waals surface area contributed by atoms with Crippen molar-refractivity contribution in [2.24, 2.45) is 10.3 Å². The van der Waals surface area contributed by atoms with Gasteiger partial charge in [0, 0.05) is 23.2 Å². The van der Waals surface area contributed by atoms with Gasteiger partial charge in [0.25, 0.3) is 0 Å². The average molecular weight is 343 g/mol. The van der Waals surface area contributed by atoms with Gasteiger partial charge in [-0.15, -0.1) is 0 Å². The highest BCUT2D eigenvalue weighted by Gasteiger charge is 2.41. The van der Waals surface area contributed by atoms with E-state index < -0.39 is 0 Å². The number of para-hydroxylation sites is 1. The number of rotatable bonds is 2. The van der Waals surface area contributed by atoms with Gasteiger partial charge >= 0.3 is 0 Å². The number of hydrogen-bond donors (Lipinski definition) is 0. The van der Waals surface area contributed by atoms with E-state index in [1.807, 2.05) is 18.2 Å². The van der Waals surface area contributed by atoms with Crippen molar-refractivity contribution in [3.8, 4) is 0 Å². The van der Waals surface area contributed by atoms with Crippen LogP contribution in [0.25, 0.3) is 0 Å². The molecule has 4 nitrogen and oxygen atoms in total. The minimum absolute atomic E-state index is 0.258. The largest absolute Gasteiger partial charge is 0.367 e. The molecule has 4 rings (SSSR count). The van der Waals surface area contributed by atoms with Crippen molar-refractivity contribution in [3.63, 3.8) is 0 Å². The van der Waals surface area contributed by atoms with E-state index in [1.165, 1.54) is 5.69 Å². The minimum atomic E-state index is 0.258. The maximum absolute atomic E-state index is 4.45. The summed E-state index contributed by atoms with van der Waals surface area (Å²) < 4.78 is 1.08. The first-order valence-corrected chi connectivity index (χ1v) is 7.86. The van der Waals surface area contributed by atoms with Gasteiger partial charge in [0.05, 0.1) is 11.7 Å². The van der Waals surface area contributed by atoms with Gasteiger partial charge in [-0.3, -0.25) is 0 Å². The fourth-order valence-corrected chi connectivity index (χ4v) is 3.26. The maximum atomic E-state index is 4.45. The SMILES string of the molecule is Brc1ccc(N2N=N[C@@H]3CN(c4ccccc4)C[C@H]32)cc1. The molecule has 2 aromatic rings. The molecular weight excluding hydrogens is 328 g/mol. The van der Waals surface area contributed by atoms with Crippen molar-refractivity contribution < 1.29 is 0 Å². The van der Waals surface area contributed by atoms with Crippen LogP contribution in [0, 0.1) is 0 Å². The van der Waals surface area contributed by atoms with E-state index in [9.17, 15) is 0 Å². The number of fused-ring (bicyclic) bond motifs is 1. The quantitative estimate of drug-likeness (QED) is 0.828. The molecule has 0 aromatic heterocycles. The predicted molar refractivity (Wildman–Crippen MR) is 87.7 cm³/mol. The van der Waals surface area contributed by atoms with Gasteiger partial charge in [0.1, 0.15) is 6.04 Å². The normalized spacial score (nSPS) is 23.7. The van der Waals surface area contributed by atoms with Crippen LogP contribution in [0.4, 0.5) is 11.4 Å². The molecule has 0 spiro atoms. The van der Waals surface area contributed by atoms with E-state index >= 15 is 0 Å². The van der Waals surface area contributed by atoms with Crippen LogP contribution in [-0.2, 0) is 0 Å². The maximum Gasteiger partial charge on any atom is 0.115 e. The summed E-state index contributed by atoms with van der Waals surface area (Å²) in [7, 11) is 0. The number of nitrogens with zero attached hydrogens (tertiary/aromatic N) is 4. The number of hydrogen-bond acceptors (Lipinski definition) is 4. The molecule has 2 aliphatic rings. The summed E-state index contributed by atoms with van der Waals surface area (Å²) in [6, 6.07) is 19.4. The molecule has 0 radical (unpaired) electrons.